The minimum Gasteiger partial charge on any atom is -0.347 e. The van der Waals surface area contributed by atoms with Crippen molar-refractivity contribution in [1.29, 1.82) is 0 Å². The minimum atomic E-state index is 0. The second-order valence-corrected chi connectivity index (χ2v) is 7.37. The number of carbonyl (C=O) groups is 1. The molecule has 2 aromatic heterocycles. The van der Waals surface area contributed by atoms with Crippen molar-refractivity contribution in [2.45, 2.75) is 25.8 Å². The molecule has 0 aliphatic carbocycles. The zero-order chi connectivity index (χ0) is 15.8. The molecule has 5 heterocycles. The fourth-order valence-electron chi connectivity index (χ4n) is 3.57. The summed E-state index contributed by atoms with van der Waals surface area (Å²) in [4.78, 5) is 24.7. The first-order valence-electron chi connectivity index (χ1n) is 8.13. The predicted octanol–water partition coefficient (Wildman–Crippen LogP) is 2.76. The molecule has 0 aromatic carbocycles. The summed E-state index contributed by atoms with van der Waals surface area (Å²) in [6.07, 6.45) is 4.15. The van der Waals surface area contributed by atoms with E-state index in [2.05, 4.69) is 20.2 Å². The monoisotopic (exact) mass is 364 g/mol. The van der Waals surface area contributed by atoms with E-state index in [0.717, 1.165) is 22.9 Å². The van der Waals surface area contributed by atoms with E-state index >= 15 is 0 Å². The van der Waals surface area contributed by atoms with Crippen molar-refractivity contribution >= 4 is 29.7 Å². The molecule has 3 fully saturated rings. The van der Waals surface area contributed by atoms with E-state index < -0.39 is 0 Å². The number of nitrogens with zero attached hydrogens (tertiary/aromatic N) is 3. The van der Waals surface area contributed by atoms with Crippen LogP contribution in [0.15, 0.2) is 24.4 Å². The topological polar surface area (TPSA) is 58.1 Å². The lowest BCUT2D eigenvalue weighted by Crippen LogP contribution is -2.57. The van der Waals surface area contributed by atoms with E-state index in [1.54, 1.807) is 6.20 Å². The van der Waals surface area contributed by atoms with E-state index in [1.165, 1.54) is 37.3 Å². The molecule has 2 bridgehead atoms. The first kappa shape index (κ1) is 17.3. The number of piperidine rings is 3. The molecule has 3 aliphatic heterocycles. The highest BCUT2D eigenvalue weighted by Gasteiger charge is 2.35. The molecule has 0 spiro atoms. The van der Waals surface area contributed by atoms with Gasteiger partial charge in [-0.1, -0.05) is 6.07 Å². The Bertz CT molecular complexity index is 713. The Balaban J connectivity index is 0.00000169. The van der Waals surface area contributed by atoms with Crippen LogP contribution in [0.4, 0.5) is 0 Å². The lowest BCUT2D eigenvalue weighted by Gasteiger charge is -2.44. The number of fused-ring (bicyclic) bond motifs is 3. The third-order valence-corrected chi connectivity index (χ3v) is 6.04. The Labute approximate surface area is 151 Å². The molecular formula is C17H21ClN4OS. The van der Waals surface area contributed by atoms with Crippen LogP contribution >= 0.6 is 23.7 Å². The van der Waals surface area contributed by atoms with Gasteiger partial charge in [-0.15, -0.1) is 23.7 Å². The van der Waals surface area contributed by atoms with Crippen molar-refractivity contribution in [3.05, 3.63) is 35.0 Å². The molecule has 24 heavy (non-hydrogen) atoms. The minimum absolute atomic E-state index is 0. The van der Waals surface area contributed by atoms with Gasteiger partial charge in [0.25, 0.3) is 5.91 Å². The first-order valence-corrected chi connectivity index (χ1v) is 8.94. The molecule has 0 unspecified atom stereocenters. The molecule has 2 aromatic rings. The molecular weight excluding hydrogens is 344 g/mol. The highest BCUT2D eigenvalue weighted by atomic mass is 35.5. The van der Waals surface area contributed by atoms with Crippen LogP contribution in [0.5, 0.6) is 0 Å². The number of amides is 1. The summed E-state index contributed by atoms with van der Waals surface area (Å²) < 4.78 is 0. The van der Waals surface area contributed by atoms with Gasteiger partial charge in [0, 0.05) is 18.8 Å². The SMILES string of the molecule is Cc1nc(-c2ccccn2)sc1C(=O)N[C@H]1CN2CCC1CC2.Cl. The van der Waals surface area contributed by atoms with Crippen LogP contribution in [0.1, 0.15) is 28.2 Å². The number of aromatic nitrogens is 2. The summed E-state index contributed by atoms with van der Waals surface area (Å²) in [5, 5.41) is 4.05. The Kier molecular flexibility index (Phi) is 5.18. The standard InChI is InChI=1S/C17H20N4OS.ClH/c1-11-15(23-17(19-11)13-4-2-3-7-18-13)16(22)20-14-10-21-8-5-12(14)6-9-21;/h2-4,7,12,14H,5-6,8-10H2,1H3,(H,20,22);1H/t14-;/m0./s1. The molecule has 1 N–H and O–H groups in total. The summed E-state index contributed by atoms with van der Waals surface area (Å²) in [6, 6.07) is 6.02. The van der Waals surface area contributed by atoms with Crippen molar-refractivity contribution in [2.24, 2.45) is 5.92 Å². The number of pyridine rings is 1. The number of hydrogen-bond acceptors (Lipinski definition) is 5. The zero-order valence-electron chi connectivity index (χ0n) is 13.6. The van der Waals surface area contributed by atoms with E-state index in [-0.39, 0.29) is 24.4 Å². The third-order valence-electron chi connectivity index (χ3n) is 4.86. The van der Waals surface area contributed by atoms with Gasteiger partial charge >= 0.3 is 0 Å². The van der Waals surface area contributed by atoms with Crippen molar-refractivity contribution in [1.82, 2.24) is 20.2 Å². The molecule has 5 rings (SSSR count). The summed E-state index contributed by atoms with van der Waals surface area (Å²) in [5.41, 5.74) is 1.61. The molecule has 0 radical (unpaired) electrons. The van der Waals surface area contributed by atoms with Gasteiger partial charge in [0.1, 0.15) is 9.88 Å². The lowest BCUT2D eigenvalue weighted by molar-refractivity contribution is 0.0622. The van der Waals surface area contributed by atoms with Gasteiger partial charge in [0.15, 0.2) is 0 Å². The average Bonchev–Trinajstić information content (AvgIpc) is 2.99. The van der Waals surface area contributed by atoms with Gasteiger partial charge in [0.2, 0.25) is 0 Å². The second-order valence-electron chi connectivity index (χ2n) is 6.37. The molecule has 1 atom stereocenters. The average molecular weight is 365 g/mol. The Hall–Kier alpha value is -1.50. The number of carbonyl (C=O) groups excluding carboxylic acids is 1. The van der Waals surface area contributed by atoms with E-state index in [1.807, 2.05) is 25.1 Å². The Morgan fingerprint density at radius 3 is 2.75 bits per heavy atom. The normalized spacial score (nSPS) is 25.1. The molecule has 7 heteroatoms. The first-order chi connectivity index (χ1) is 11.2. The maximum atomic E-state index is 12.7. The number of hydrogen-bond donors (Lipinski definition) is 1. The van der Waals surface area contributed by atoms with Gasteiger partial charge in [0.05, 0.1) is 11.4 Å². The molecule has 3 saturated heterocycles. The van der Waals surface area contributed by atoms with Crippen LogP contribution in [0, 0.1) is 12.8 Å². The fraction of sp³-hybridized carbons (Fsp3) is 0.471. The highest BCUT2D eigenvalue weighted by molar-refractivity contribution is 7.17. The molecule has 1 amide bonds. The van der Waals surface area contributed by atoms with Crippen molar-refractivity contribution in [3.8, 4) is 10.7 Å². The van der Waals surface area contributed by atoms with Gasteiger partial charge in [-0.25, -0.2) is 4.98 Å². The fourth-order valence-corrected chi connectivity index (χ4v) is 4.51. The van der Waals surface area contributed by atoms with E-state index in [0.29, 0.717) is 10.8 Å². The predicted molar refractivity (Wildman–Crippen MR) is 97.7 cm³/mol. The van der Waals surface area contributed by atoms with Crippen molar-refractivity contribution < 1.29 is 4.79 Å². The maximum absolute atomic E-state index is 12.7. The molecule has 3 aliphatic rings. The molecule has 0 saturated carbocycles. The number of aryl methyl sites for hydroxylation is 1. The summed E-state index contributed by atoms with van der Waals surface area (Å²) in [6.45, 7) is 5.25. The number of thiazole rings is 1. The highest BCUT2D eigenvalue weighted by Crippen LogP contribution is 2.29. The smallest absolute Gasteiger partial charge is 0.263 e. The summed E-state index contributed by atoms with van der Waals surface area (Å²) >= 11 is 1.43. The zero-order valence-corrected chi connectivity index (χ0v) is 15.2. The van der Waals surface area contributed by atoms with Gasteiger partial charge in [-0.05, 0) is 50.9 Å². The summed E-state index contributed by atoms with van der Waals surface area (Å²) in [7, 11) is 0. The van der Waals surface area contributed by atoms with Crippen LogP contribution in [-0.2, 0) is 0 Å². The van der Waals surface area contributed by atoms with Gasteiger partial charge in [-0.3, -0.25) is 9.78 Å². The maximum Gasteiger partial charge on any atom is 0.263 e. The number of rotatable bonds is 3. The van der Waals surface area contributed by atoms with Crippen LogP contribution < -0.4 is 5.32 Å². The van der Waals surface area contributed by atoms with E-state index in [4.69, 9.17) is 0 Å². The molecule has 128 valence electrons. The third kappa shape index (κ3) is 3.31. The van der Waals surface area contributed by atoms with Gasteiger partial charge < -0.3 is 10.2 Å². The Morgan fingerprint density at radius 2 is 2.12 bits per heavy atom. The van der Waals surface area contributed by atoms with Crippen molar-refractivity contribution in [2.75, 3.05) is 19.6 Å². The largest absolute Gasteiger partial charge is 0.347 e. The van der Waals surface area contributed by atoms with Gasteiger partial charge in [-0.2, -0.15) is 0 Å². The molecule has 5 nitrogen and oxygen atoms in total. The second kappa shape index (κ2) is 7.17. The lowest BCUT2D eigenvalue weighted by atomic mass is 9.84. The number of nitrogens with one attached hydrogen (secondary N) is 1. The van der Waals surface area contributed by atoms with Crippen LogP contribution in [-0.4, -0.2) is 46.5 Å². The van der Waals surface area contributed by atoms with Crippen LogP contribution in [0.2, 0.25) is 0 Å². The number of halogens is 1. The Morgan fingerprint density at radius 1 is 1.33 bits per heavy atom. The summed E-state index contributed by atoms with van der Waals surface area (Å²) in [5.74, 6) is 0.647. The van der Waals surface area contributed by atoms with Crippen molar-refractivity contribution in [3.63, 3.8) is 0 Å². The van der Waals surface area contributed by atoms with E-state index in [9.17, 15) is 4.79 Å². The van der Waals surface area contributed by atoms with Crippen LogP contribution in [0.25, 0.3) is 10.7 Å². The van der Waals surface area contributed by atoms with Crippen LogP contribution in [0.3, 0.4) is 0 Å². The quantitative estimate of drug-likeness (QED) is 0.909.